The minimum absolute atomic E-state index is 0.263. The maximum absolute atomic E-state index is 5.43. The molecule has 1 N–H and O–H groups in total. The van der Waals surface area contributed by atoms with Crippen LogP contribution in [0.3, 0.4) is 0 Å². The summed E-state index contributed by atoms with van der Waals surface area (Å²) in [5.74, 6) is 3.00. The van der Waals surface area contributed by atoms with Crippen molar-refractivity contribution in [1.29, 1.82) is 0 Å². The Labute approximate surface area is 169 Å². The second-order valence-electron chi connectivity index (χ2n) is 7.24. The number of ether oxygens (including phenoxy) is 2. The van der Waals surface area contributed by atoms with E-state index in [1.54, 1.807) is 6.20 Å². The van der Waals surface area contributed by atoms with Gasteiger partial charge in [0, 0.05) is 49.8 Å². The summed E-state index contributed by atoms with van der Waals surface area (Å²) < 4.78 is 10.8. The van der Waals surface area contributed by atoms with E-state index in [9.17, 15) is 0 Å². The zero-order valence-electron chi connectivity index (χ0n) is 16.3. The van der Waals surface area contributed by atoms with E-state index < -0.39 is 0 Å². The maximum Gasteiger partial charge on any atom is 0.231 e. The number of piperazine rings is 1. The largest absolute Gasteiger partial charge is 0.454 e. The predicted octanol–water partition coefficient (Wildman–Crippen LogP) is 3.58. The molecule has 2 aromatic carbocycles. The summed E-state index contributed by atoms with van der Waals surface area (Å²) in [6.45, 7) is 6.19. The fourth-order valence-corrected chi connectivity index (χ4v) is 3.71. The van der Waals surface area contributed by atoms with Gasteiger partial charge in [-0.05, 0) is 42.8 Å². The summed E-state index contributed by atoms with van der Waals surface area (Å²) in [7, 11) is 0. The van der Waals surface area contributed by atoms with Gasteiger partial charge in [0.2, 0.25) is 12.7 Å². The van der Waals surface area contributed by atoms with Crippen LogP contribution in [0, 0.1) is 6.92 Å². The first kappa shape index (κ1) is 17.6. The minimum atomic E-state index is 0.263. The fraction of sp³-hybridized carbons (Fsp3) is 0.273. The summed E-state index contributed by atoms with van der Waals surface area (Å²) in [5, 5.41) is 3.26. The SMILES string of the molecule is Cc1cccc(N2CCN(c3ccnc(Nc4ccc5c(c4)OCO5)n3)CC2)c1. The Morgan fingerprint density at radius 2 is 1.72 bits per heavy atom. The molecule has 0 bridgehead atoms. The molecule has 148 valence electrons. The average molecular weight is 389 g/mol. The molecule has 5 rings (SSSR count). The first-order valence-corrected chi connectivity index (χ1v) is 9.81. The highest BCUT2D eigenvalue weighted by Gasteiger charge is 2.19. The Hall–Kier alpha value is -3.48. The van der Waals surface area contributed by atoms with E-state index in [1.807, 2.05) is 24.3 Å². The quantitative estimate of drug-likeness (QED) is 0.732. The number of nitrogens with zero attached hydrogens (tertiary/aromatic N) is 4. The molecule has 0 unspecified atom stereocenters. The number of hydrogen-bond donors (Lipinski definition) is 1. The van der Waals surface area contributed by atoms with Crippen LogP contribution in [0.4, 0.5) is 23.1 Å². The van der Waals surface area contributed by atoms with Gasteiger partial charge in [0.05, 0.1) is 0 Å². The Morgan fingerprint density at radius 1 is 0.897 bits per heavy atom. The normalized spacial score (nSPS) is 15.5. The molecule has 0 saturated carbocycles. The lowest BCUT2D eigenvalue weighted by Gasteiger charge is -2.36. The van der Waals surface area contributed by atoms with Gasteiger partial charge >= 0.3 is 0 Å². The second-order valence-corrected chi connectivity index (χ2v) is 7.24. The monoisotopic (exact) mass is 389 g/mol. The molecule has 1 aromatic heterocycles. The van der Waals surface area contributed by atoms with Crippen molar-refractivity contribution in [2.24, 2.45) is 0 Å². The van der Waals surface area contributed by atoms with Crippen molar-refractivity contribution in [3.63, 3.8) is 0 Å². The minimum Gasteiger partial charge on any atom is -0.454 e. The van der Waals surface area contributed by atoms with Crippen molar-refractivity contribution in [2.75, 3.05) is 48.1 Å². The van der Waals surface area contributed by atoms with Crippen LogP contribution in [0.25, 0.3) is 0 Å². The van der Waals surface area contributed by atoms with Gasteiger partial charge in [-0.2, -0.15) is 4.98 Å². The van der Waals surface area contributed by atoms with Gasteiger partial charge in [0.15, 0.2) is 11.5 Å². The first-order chi connectivity index (χ1) is 14.2. The molecular weight excluding hydrogens is 366 g/mol. The number of aryl methyl sites for hydroxylation is 1. The van der Waals surface area contributed by atoms with E-state index in [1.165, 1.54) is 11.3 Å². The Kier molecular flexibility index (Phi) is 4.56. The highest BCUT2D eigenvalue weighted by molar-refractivity contribution is 5.61. The predicted molar refractivity (Wildman–Crippen MR) is 113 cm³/mol. The molecule has 2 aliphatic rings. The van der Waals surface area contributed by atoms with Crippen molar-refractivity contribution >= 4 is 23.1 Å². The fourth-order valence-electron chi connectivity index (χ4n) is 3.71. The van der Waals surface area contributed by atoms with E-state index in [2.05, 4.69) is 51.3 Å². The van der Waals surface area contributed by atoms with E-state index in [-0.39, 0.29) is 6.79 Å². The molecular formula is C22H23N5O2. The second kappa shape index (κ2) is 7.50. The zero-order chi connectivity index (χ0) is 19.6. The molecule has 0 amide bonds. The lowest BCUT2D eigenvalue weighted by molar-refractivity contribution is 0.174. The third-order valence-electron chi connectivity index (χ3n) is 5.24. The summed E-state index contributed by atoms with van der Waals surface area (Å²) in [6.07, 6.45) is 1.80. The van der Waals surface area contributed by atoms with Crippen LogP contribution >= 0.6 is 0 Å². The lowest BCUT2D eigenvalue weighted by Crippen LogP contribution is -2.46. The van der Waals surface area contributed by atoms with E-state index in [4.69, 9.17) is 14.5 Å². The van der Waals surface area contributed by atoms with E-state index in [0.29, 0.717) is 5.95 Å². The molecule has 3 heterocycles. The molecule has 0 spiro atoms. The molecule has 2 aliphatic heterocycles. The number of hydrogen-bond acceptors (Lipinski definition) is 7. The smallest absolute Gasteiger partial charge is 0.231 e. The Morgan fingerprint density at radius 3 is 2.59 bits per heavy atom. The van der Waals surface area contributed by atoms with Gasteiger partial charge in [-0.25, -0.2) is 4.98 Å². The van der Waals surface area contributed by atoms with Crippen LogP contribution in [0.5, 0.6) is 11.5 Å². The van der Waals surface area contributed by atoms with Crippen LogP contribution in [0.2, 0.25) is 0 Å². The topological polar surface area (TPSA) is 62.8 Å². The summed E-state index contributed by atoms with van der Waals surface area (Å²) in [6, 6.07) is 16.4. The molecule has 7 heteroatoms. The van der Waals surface area contributed by atoms with Gasteiger partial charge in [-0.3, -0.25) is 0 Å². The summed E-state index contributed by atoms with van der Waals surface area (Å²) >= 11 is 0. The van der Waals surface area contributed by atoms with Crippen molar-refractivity contribution in [1.82, 2.24) is 9.97 Å². The van der Waals surface area contributed by atoms with Crippen molar-refractivity contribution in [2.45, 2.75) is 6.92 Å². The number of benzene rings is 2. The van der Waals surface area contributed by atoms with Gasteiger partial charge in [0.25, 0.3) is 0 Å². The van der Waals surface area contributed by atoms with Crippen molar-refractivity contribution in [3.8, 4) is 11.5 Å². The molecule has 7 nitrogen and oxygen atoms in total. The van der Waals surface area contributed by atoms with Crippen molar-refractivity contribution in [3.05, 3.63) is 60.3 Å². The van der Waals surface area contributed by atoms with Crippen molar-refractivity contribution < 1.29 is 9.47 Å². The van der Waals surface area contributed by atoms with Crippen LogP contribution in [0.15, 0.2) is 54.7 Å². The average Bonchev–Trinajstić information content (AvgIpc) is 3.22. The number of nitrogens with one attached hydrogen (secondary N) is 1. The summed E-state index contributed by atoms with van der Waals surface area (Å²) in [5.41, 5.74) is 3.45. The van der Waals surface area contributed by atoms with Gasteiger partial charge in [0.1, 0.15) is 5.82 Å². The molecule has 0 radical (unpaired) electrons. The van der Waals surface area contributed by atoms with Crippen LogP contribution in [-0.4, -0.2) is 42.9 Å². The van der Waals surface area contributed by atoms with Crippen LogP contribution < -0.4 is 24.6 Å². The third-order valence-corrected chi connectivity index (χ3v) is 5.24. The first-order valence-electron chi connectivity index (χ1n) is 9.81. The molecule has 29 heavy (non-hydrogen) atoms. The molecule has 0 aliphatic carbocycles. The Balaban J connectivity index is 1.26. The molecule has 1 saturated heterocycles. The number of rotatable bonds is 4. The molecule has 3 aromatic rings. The maximum atomic E-state index is 5.43. The van der Waals surface area contributed by atoms with E-state index >= 15 is 0 Å². The molecule has 1 fully saturated rings. The van der Waals surface area contributed by atoms with Gasteiger partial charge < -0.3 is 24.6 Å². The highest BCUT2D eigenvalue weighted by atomic mass is 16.7. The standard InChI is InChI=1S/C22H23N5O2/c1-16-3-2-4-18(13-16)26-9-11-27(12-10-26)21-7-8-23-22(25-21)24-17-5-6-19-20(14-17)29-15-28-19/h2-8,13-14H,9-12,15H2,1H3,(H,23,24,25). The zero-order valence-corrected chi connectivity index (χ0v) is 16.3. The summed E-state index contributed by atoms with van der Waals surface area (Å²) in [4.78, 5) is 13.8. The van der Waals surface area contributed by atoms with Gasteiger partial charge in [-0.1, -0.05) is 12.1 Å². The van der Waals surface area contributed by atoms with Gasteiger partial charge in [-0.15, -0.1) is 0 Å². The number of anilines is 4. The van der Waals surface area contributed by atoms with Crippen LogP contribution in [-0.2, 0) is 0 Å². The third kappa shape index (κ3) is 3.76. The number of aromatic nitrogens is 2. The number of fused-ring (bicyclic) bond motifs is 1. The van der Waals surface area contributed by atoms with Crippen LogP contribution in [0.1, 0.15) is 5.56 Å². The van der Waals surface area contributed by atoms with E-state index in [0.717, 1.165) is 49.2 Å². The molecule has 0 atom stereocenters. The Bertz CT molecular complexity index is 1020. The lowest BCUT2D eigenvalue weighted by atomic mass is 10.2. The highest BCUT2D eigenvalue weighted by Crippen LogP contribution is 2.34.